The zero-order chi connectivity index (χ0) is 39.9. The highest BCUT2D eigenvalue weighted by molar-refractivity contribution is 7.95. The predicted molar refractivity (Wildman–Crippen MR) is 208 cm³/mol. The highest BCUT2D eigenvalue weighted by atomic mass is 32.2. The van der Waals surface area contributed by atoms with Gasteiger partial charge in [-0.1, -0.05) is 24.3 Å². The van der Waals surface area contributed by atoms with Crippen LogP contribution >= 0.6 is 0 Å². The van der Waals surface area contributed by atoms with Crippen LogP contribution in [0.4, 0.5) is 11.4 Å². The Labute approximate surface area is 320 Å². The van der Waals surface area contributed by atoms with Gasteiger partial charge < -0.3 is 8.83 Å². The van der Waals surface area contributed by atoms with Crippen molar-refractivity contribution in [3.8, 4) is 22.5 Å². The van der Waals surface area contributed by atoms with E-state index in [4.69, 9.17) is 8.83 Å². The van der Waals surface area contributed by atoms with Crippen molar-refractivity contribution in [3.63, 3.8) is 0 Å². The molecule has 20 heteroatoms. The first-order valence-corrected chi connectivity index (χ1v) is 22.9. The smallest absolute Gasteiger partial charge is 0.263 e. The van der Waals surface area contributed by atoms with E-state index in [0.29, 0.717) is 22.2 Å². The van der Waals surface area contributed by atoms with E-state index in [1.54, 1.807) is 48.5 Å². The second-order valence-corrected chi connectivity index (χ2v) is 19.6. The normalized spacial score (nSPS) is 12.3. The molecule has 0 saturated carbocycles. The van der Waals surface area contributed by atoms with Crippen molar-refractivity contribution in [1.29, 1.82) is 0 Å². The molecule has 4 aromatic heterocycles. The van der Waals surface area contributed by atoms with Crippen molar-refractivity contribution < 1.29 is 42.5 Å². The Morgan fingerprint density at radius 2 is 0.875 bits per heavy atom. The number of nitrogens with zero attached hydrogens (tertiary/aromatic N) is 2. The second-order valence-electron chi connectivity index (χ2n) is 12.3. The Morgan fingerprint density at radius 1 is 0.500 bits per heavy atom. The van der Waals surface area contributed by atoms with Crippen LogP contribution in [0.15, 0.2) is 151 Å². The molecule has 0 spiro atoms. The lowest BCUT2D eigenvalue weighted by molar-refractivity contribution is 0.568. The molecular formula is C36H30N6O10S4. The van der Waals surface area contributed by atoms with Crippen LogP contribution in [0.1, 0.15) is 0 Å². The third-order valence-electron chi connectivity index (χ3n) is 8.30. The van der Waals surface area contributed by atoms with Crippen molar-refractivity contribution in [2.24, 2.45) is 0 Å². The van der Waals surface area contributed by atoms with Crippen molar-refractivity contribution >= 4 is 72.9 Å². The lowest BCUT2D eigenvalue weighted by atomic mass is 10.1. The highest BCUT2D eigenvalue weighted by Crippen LogP contribution is 2.32. The Hall–Kier alpha value is -6.22. The average Bonchev–Trinajstić information content (AvgIpc) is 3.98. The van der Waals surface area contributed by atoms with E-state index >= 15 is 0 Å². The van der Waals surface area contributed by atoms with Gasteiger partial charge in [-0.2, -0.15) is 10.2 Å². The lowest BCUT2D eigenvalue weighted by Gasteiger charge is -2.11. The SMILES string of the molecule is CS(=O)(=O)c1ccccc1S(=O)(=O)Nc1ccc2[nH]nc(-c3ccoc3)c2c1.CS(=O)(=O)c1ccccc1S(=O)(=O)Nc1ccc2[nH]nc(-c3ccoc3)c2c1. The first kappa shape index (κ1) is 38.1. The molecule has 8 rings (SSSR count). The average molecular weight is 835 g/mol. The number of hydrogen-bond donors (Lipinski definition) is 4. The number of sulfonamides is 2. The molecule has 0 fully saturated rings. The summed E-state index contributed by atoms with van der Waals surface area (Å²) in [5.74, 6) is 0. The van der Waals surface area contributed by atoms with Gasteiger partial charge in [-0.25, -0.2) is 33.7 Å². The van der Waals surface area contributed by atoms with Gasteiger partial charge in [0, 0.05) is 45.8 Å². The molecule has 4 aromatic carbocycles. The molecule has 0 unspecified atom stereocenters. The van der Waals surface area contributed by atoms with E-state index in [1.807, 2.05) is 0 Å². The summed E-state index contributed by atoms with van der Waals surface area (Å²) >= 11 is 0. The Kier molecular flexibility index (Phi) is 9.83. The highest BCUT2D eigenvalue weighted by Gasteiger charge is 2.25. The fraction of sp³-hybridized carbons (Fsp3) is 0.0556. The summed E-state index contributed by atoms with van der Waals surface area (Å²) in [4.78, 5) is -1.13. The number of sulfone groups is 2. The topological polar surface area (TPSA) is 244 Å². The van der Waals surface area contributed by atoms with Gasteiger partial charge in [0.1, 0.15) is 21.2 Å². The maximum absolute atomic E-state index is 12.8. The maximum atomic E-state index is 12.8. The van der Waals surface area contributed by atoms with E-state index in [0.717, 1.165) is 34.7 Å². The fourth-order valence-corrected chi connectivity index (χ4v) is 11.1. The van der Waals surface area contributed by atoms with Gasteiger partial charge in [0.25, 0.3) is 20.0 Å². The summed E-state index contributed by atoms with van der Waals surface area (Å²) in [5.41, 5.74) is 4.71. The summed E-state index contributed by atoms with van der Waals surface area (Å²) < 4.78 is 114. The Bertz CT molecular complexity index is 2960. The van der Waals surface area contributed by atoms with Gasteiger partial charge in [-0.3, -0.25) is 19.6 Å². The number of aromatic amines is 2. The Morgan fingerprint density at radius 3 is 1.21 bits per heavy atom. The molecule has 0 bridgehead atoms. The van der Waals surface area contributed by atoms with Gasteiger partial charge >= 0.3 is 0 Å². The maximum Gasteiger partial charge on any atom is 0.263 e. The van der Waals surface area contributed by atoms with Gasteiger partial charge in [0.05, 0.1) is 45.9 Å². The molecular weight excluding hydrogens is 805 g/mol. The van der Waals surface area contributed by atoms with Crippen molar-refractivity contribution in [2.45, 2.75) is 19.6 Å². The van der Waals surface area contributed by atoms with E-state index in [9.17, 15) is 33.7 Å². The number of fused-ring (bicyclic) bond motifs is 2. The molecule has 0 aliphatic heterocycles. The molecule has 0 amide bonds. The molecule has 288 valence electrons. The zero-order valence-corrected chi connectivity index (χ0v) is 32.4. The largest absolute Gasteiger partial charge is 0.472 e. The number of rotatable bonds is 10. The van der Waals surface area contributed by atoms with Gasteiger partial charge in [0.2, 0.25) is 0 Å². The molecule has 0 saturated heterocycles. The molecule has 56 heavy (non-hydrogen) atoms. The number of benzene rings is 4. The Balaban J connectivity index is 0.000000172. The molecule has 0 radical (unpaired) electrons. The summed E-state index contributed by atoms with van der Waals surface area (Å²) in [7, 11) is -15.7. The summed E-state index contributed by atoms with van der Waals surface area (Å²) in [6.45, 7) is 0. The number of furan rings is 2. The number of H-pyrrole nitrogens is 2. The minimum Gasteiger partial charge on any atom is -0.472 e. The van der Waals surface area contributed by atoms with E-state index in [-0.39, 0.29) is 31.0 Å². The lowest BCUT2D eigenvalue weighted by Crippen LogP contribution is -2.16. The third-order valence-corrected chi connectivity index (χ3v) is 13.7. The fourth-order valence-electron chi connectivity index (χ4n) is 5.77. The van der Waals surface area contributed by atoms with Crippen LogP contribution in [-0.4, -0.2) is 66.6 Å². The number of aromatic nitrogens is 4. The molecule has 4 N–H and O–H groups in total. The van der Waals surface area contributed by atoms with Gasteiger partial charge in [0.15, 0.2) is 19.7 Å². The number of anilines is 2. The quantitative estimate of drug-likeness (QED) is 0.123. The number of nitrogens with one attached hydrogen (secondary N) is 4. The van der Waals surface area contributed by atoms with Gasteiger partial charge in [-0.15, -0.1) is 0 Å². The summed E-state index contributed by atoms with van der Waals surface area (Å²) in [6, 6.07) is 24.2. The summed E-state index contributed by atoms with van der Waals surface area (Å²) in [5, 5.41) is 15.6. The van der Waals surface area contributed by atoms with Crippen LogP contribution < -0.4 is 9.44 Å². The minimum absolute atomic E-state index is 0.258. The van der Waals surface area contributed by atoms with E-state index < -0.39 is 39.7 Å². The third kappa shape index (κ3) is 7.80. The molecule has 0 aliphatic carbocycles. The summed E-state index contributed by atoms with van der Waals surface area (Å²) in [6.07, 6.45) is 8.05. The van der Waals surface area contributed by atoms with Gasteiger partial charge in [-0.05, 0) is 72.8 Å². The molecule has 16 nitrogen and oxygen atoms in total. The van der Waals surface area contributed by atoms with E-state index in [2.05, 4.69) is 29.8 Å². The van der Waals surface area contributed by atoms with Crippen LogP contribution in [0.5, 0.6) is 0 Å². The molecule has 8 aromatic rings. The van der Waals surface area contributed by atoms with Crippen LogP contribution in [0.3, 0.4) is 0 Å². The van der Waals surface area contributed by atoms with Crippen LogP contribution in [0.2, 0.25) is 0 Å². The monoisotopic (exact) mass is 834 g/mol. The first-order chi connectivity index (χ1) is 26.5. The molecule has 0 aliphatic rings. The zero-order valence-electron chi connectivity index (χ0n) is 29.2. The molecule has 4 heterocycles. The van der Waals surface area contributed by atoms with Crippen LogP contribution in [0, 0.1) is 0 Å². The van der Waals surface area contributed by atoms with Crippen molar-refractivity contribution in [1.82, 2.24) is 20.4 Å². The second kappa shape index (κ2) is 14.5. The van der Waals surface area contributed by atoms with Crippen molar-refractivity contribution in [2.75, 3.05) is 22.0 Å². The molecule has 0 atom stereocenters. The van der Waals surface area contributed by atoms with Crippen molar-refractivity contribution in [3.05, 3.63) is 122 Å². The predicted octanol–water partition coefficient (Wildman–Crippen LogP) is 6.05. The minimum atomic E-state index is -4.12. The number of hydrogen-bond acceptors (Lipinski definition) is 12. The van der Waals surface area contributed by atoms with E-state index in [1.165, 1.54) is 73.6 Å². The standard InChI is InChI=1S/2C18H15N3O5S2/c2*1-27(22,23)16-4-2-3-5-17(16)28(24,25)21-13-6-7-15-14(10-13)18(20-19-15)12-8-9-26-11-12/h2*2-11,21H,1H3,(H,19,20). The van der Waals surface area contributed by atoms with Crippen LogP contribution in [0.25, 0.3) is 44.3 Å². The van der Waals surface area contributed by atoms with Crippen LogP contribution in [-0.2, 0) is 39.7 Å². The first-order valence-electron chi connectivity index (χ1n) is 16.2.